The predicted molar refractivity (Wildman–Crippen MR) is 69.9 cm³/mol. The lowest BCUT2D eigenvalue weighted by Crippen LogP contribution is -2.32. The third-order valence-electron chi connectivity index (χ3n) is 3.35. The van der Waals surface area contributed by atoms with E-state index in [1.54, 1.807) is 6.33 Å². The van der Waals surface area contributed by atoms with E-state index >= 15 is 0 Å². The molecule has 5 nitrogen and oxygen atoms in total. The van der Waals surface area contributed by atoms with Crippen LogP contribution in [0.4, 0.5) is 0 Å². The maximum atomic E-state index is 5.96. The lowest BCUT2D eigenvalue weighted by molar-refractivity contribution is 0.00720. The van der Waals surface area contributed by atoms with Crippen LogP contribution in [-0.4, -0.2) is 26.9 Å². The van der Waals surface area contributed by atoms with Crippen molar-refractivity contribution in [1.82, 2.24) is 14.8 Å². The molecule has 5 heteroatoms. The molecule has 0 aliphatic heterocycles. The summed E-state index contributed by atoms with van der Waals surface area (Å²) < 4.78 is 7.85. The zero-order valence-corrected chi connectivity index (χ0v) is 11.4. The second kappa shape index (κ2) is 6.29. The lowest BCUT2D eigenvalue weighted by Gasteiger charge is -2.26. The summed E-state index contributed by atoms with van der Waals surface area (Å²) in [6.45, 7) is 5.78. The Labute approximate surface area is 109 Å². The minimum Gasteiger partial charge on any atom is -0.370 e. The standard InChI is InChI=1S/C13H24N4O/c1-10(2)7-17-13(15-9-16-17)8-18-12-5-3-4-11(14)6-12/h9-12H,3-8,14H2,1-2H3. The smallest absolute Gasteiger partial charge is 0.152 e. The first kappa shape index (κ1) is 13.5. The number of nitrogens with two attached hydrogens (primary N) is 1. The van der Waals surface area contributed by atoms with E-state index in [0.29, 0.717) is 18.6 Å². The molecular formula is C13H24N4O. The van der Waals surface area contributed by atoms with Gasteiger partial charge < -0.3 is 10.5 Å². The van der Waals surface area contributed by atoms with Crippen LogP contribution < -0.4 is 5.73 Å². The van der Waals surface area contributed by atoms with Gasteiger partial charge in [0.25, 0.3) is 0 Å². The molecule has 0 spiro atoms. The molecule has 18 heavy (non-hydrogen) atoms. The Morgan fingerprint density at radius 1 is 1.50 bits per heavy atom. The predicted octanol–water partition coefficient (Wildman–Crippen LogP) is 1.72. The van der Waals surface area contributed by atoms with Crippen molar-refractivity contribution in [3.05, 3.63) is 12.2 Å². The molecule has 102 valence electrons. The van der Waals surface area contributed by atoms with E-state index in [0.717, 1.165) is 31.6 Å². The van der Waals surface area contributed by atoms with Crippen LogP contribution in [0.1, 0.15) is 45.4 Å². The number of nitrogens with zero attached hydrogens (tertiary/aromatic N) is 3. The molecule has 0 radical (unpaired) electrons. The van der Waals surface area contributed by atoms with Crippen LogP contribution in [0.2, 0.25) is 0 Å². The summed E-state index contributed by atoms with van der Waals surface area (Å²) in [5.41, 5.74) is 5.96. The maximum absolute atomic E-state index is 5.96. The number of aromatic nitrogens is 3. The monoisotopic (exact) mass is 252 g/mol. The molecule has 1 fully saturated rings. The lowest BCUT2D eigenvalue weighted by atomic mass is 9.94. The minimum atomic E-state index is 0.290. The van der Waals surface area contributed by atoms with Crippen molar-refractivity contribution in [3.8, 4) is 0 Å². The summed E-state index contributed by atoms with van der Waals surface area (Å²) in [6.07, 6.45) is 6.28. The molecular weight excluding hydrogens is 228 g/mol. The molecule has 0 aromatic carbocycles. The van der Waals surface area contributed by atoms with Crippen molar-refractivity contribution in [1.29, 1.82) is 0 Å². The van der Waals surface area contributed by atoms with Gasteiger partial charge in [0.05, 0.1) is 6.10 Å². The van der Waals surface area contributed by atoms with Gasteiger partial charge in [-0.05, 0) is 31.6 Å². The summed E-state index contributed by atoms with van der Waals surface area (Å²) in [5.74, 6) is 1.48. The van der Waals surface area contributed by atoms with Gasteiger partial charge in [0.15, 0.2) is 5.82 Å². The maximum Gasteiger partial charge on any atom is 0.152 e. The Morgan fingerprint density at radius 2 is 2.33 bits per heavy atom. The fraction of sp³-hybridized carbons (Fsp3) is 0.846. The van der Waals surface area contributed by atoms with Gasteiger partial charge in [-0.15, -0.1) is 0 Å². The molecule has 1 aromatic rings. The van der Waals surface area contributed by atoms with Crippen LogP contribution in [0.5, 0.6) is 0 Å². The zero-order chi connectivity index (χ0) is 13.0. The van der Waals surface area contributed by atoms with E-state index in [1.807, 2.05) is 4.68 Å². The highest BCUT2D eigenvalue weighted by Crippen LogP contribution is 2.20. The van der Waals surface area contributed by atoms with Gasteiger partial charge in [0.2, 0.25) is 0 Å². The van der Waals surface area contributed by atoms with Gasteiger partial charge in [-0.3, -0.25) is 0 Å². The Hall–Kier alpha value is -0.940. The van der Waals surface area contributed by atoms with Crippen LogP contribution in [0.25, 0.3) is 0 Å². The van der Waals surface area contributed by atoms with Crippen LogP contribution in [-0.2, 0) is 17.9 Å². The molecule has 1 saturated carbocycles. The van der Waals surface area contributed by atoms with Crippen LogP contribution in [0.15, 0.2) is 6.33 Å². The first-order valence-corrected chi connectivity index (χ1v) is 6.89. The fourth-order valence-electron chi connectivity index (χ4n) is 2.42. The van der Waals surface area contributed by atoms with Crippen LogP contribution >= 0.6 is 0 Å². The largest absolute Gasteiger partial charge is 0.370 e. The van der Waals surface area contributed by atoms with Gasteiger partial charge in [0, 0.05) is 12.6 Å². The number of hydrogen-bond donors (Lipinski definition) is 1. The summed E-state index contributed by atoms with van der Waals surface area (Å²) in [7, 11) is 0. The molecule has 1 aliphatic carbocycles. The summed E-state index contributed by atoms with van der Waals surface area (Å²) in [6, 6.07) is 0.303. The highest BCUT2D eigenvalue weighted by molar-refractivity contribution is 4.83. The van der Waals surface area contributed by atoms with Gasteiger partial charge in [-0.25, -0.2) is 9.67 Å². The molecule has 1 aliphatic rings. The first-order chi connectivity index (χ1) is 8.65. The van der Waals surface area contributed by atoms with Gasteiger partial charge in [0.1, 0.15) is 12.9 Å². The molecule has 1 aromatic heterocycles. The second-order valence-corrected chi connectivity index (χ2v) is 5.61. The van der Waals surface area contributed by atoms with Crippen molar-refractivity contribution in [2.45, 2.75) is 64.8 Å². The van der Waals surface area contributed by atoms with E-state index in [2.05, 4.69) is 23.9 Å². The molecule has 0 bridgehead atoms. The van der Waals surface area contributed by atoms with Crippen molar-refractivity contribution in [2.75, 3.05) is 0 Å². The van der Waals surface area contributed by atoms with Crippen molar-refractivity contribution >= 4 is 0 Å². The quantitative estimate of drug-likeness (QED) is 0.866. The molecule has 0 amide bonds. The first-order valence-electron chi connectivity index (χ1n) is 6.89. The SMILES string of the molecule is CC(C)Cn1ncnc1COC1CCCC(N)C1. The topological polar surface area (TPSA) is 66.0 Å². The average molecular weight is 252 g/mol. The van der Waals surface area contributed by atoms with Crippen molar-refractivity contribution < 1.29 is 4.74 Å². The Bertz CT molecular complexity index is 364. The summed E-state index contributed by atoms with van der Waals surface area (Å²) in [5, 5.41) is 4.24. The Kier molecular flexibility index (Phi) is 4.72. The van der Waals surface area contributed by atoms with Crippen molar-refractivity contribution in [3.63, 3.8) is 0 Å². The van der Waals surface area contributed by atoms with E-state index in [1.165, 1.54) is 6.42 Å². The summed E-state index contributed by atoms with van der Waals surface area (Å²) >= 11 is 0. The van der Waals surface area contributed by atoms with E-state index < -0.39 is 0 Å². The summed E-state index contributed by atoms with van der Waals surface area (Å²) in [4.78, 5) is 4.27. The fourth-order valence-corrected chi connectivity index (χ4v) is 2.42. The Balaban J connectivity index is 1.84. The van der Waals surface area contributed by atoms with Gasteiger partial charge >= 0.3 is 0 Å². The third kappa shape index (κ3) is 3.78. The van der Waals surface area contributed by atoms with Crippen molar-refractivity contribution in [2.24, 2.45) is 11.7 Å². The highest BCUT2D eigenvalue weighted by atomic mass is 16.5. The second-order valence-electron chi connectivity index (χ2n) is 5.61. The third-order valence-corrected chi connectivity index (χ3v) is 3.35. The van der Waals surface area contributed by atoms with E-state index in [-0.39, 0.29) is 6.10 Å². The van der Waals surface area contributed by atoms with Gasteiger partial charge in [-0.1, -0.05) is 13.8 Å². The molecule has 2 unspecified atom stereocenters. The molecule has 1 heterocycles. The minimum absolute atomic E-state index is 0.290. The molecule has 2 N–H and O–H groups in total. The number of hydrogen-bond acceptors (Lipinski definition) is 4. The highest BCUT2D eigenvalue weighted by Gasteiger charge is 2.20. The number of ether oxygens (including phenoxy) is 1. The molecule has 2 rings (SSSR count). The zero-order valence-electron chi connectivity index (χ0n) is 11.4. The van der Waals surface area contributed by atoms with Gasteiger partial charge in [-0.2, -0.15) is 5.10 Å². The molecule has 2 atom stereocenters. The Morgan fingerprint density at radius 3 is 3.06 bits per heavy atom. The normalized spacial score (nSPS) is 24.7. The van der Waals surface area contributed by atoms with E-state index in [4.69, 9.17) is 10.5 Å². The average Bonchev–Trinajstić information content (AvgIpc) is 2.73. The van der Waals surface area contributed by atoms with Crippen LogP contribution in [0.3, 0.4) is 0 Å². The number of rotatable bonds is 5. The van der Waals surface area contributed by atoms with E-state index in [9.17, 15) is 0 Å². The molecule has 0 saturated heterocycles. The van der Waals surface area contributed by atoms with Crippen LogP contribution in [0, 0.1) is 5.92 Å².